The fourth-order valence-electron chi connectivity index (χ4n) is 3.22. The number of carboxylic acid groups (broad SMARTS) is 1. The molecule has 0 spiro atoms. The number of nitrogens with zero attached hydrogens (tertiary/aromatic N) is 2. The Bertz CT molecular complexity index is 1080. The van der Waals surface area contributed by atoms with E-state index in [4.69, 9.17) is 0 Å². The molecule has 0 saturated heterocycles. The average molecular weight is 460 g/mol. The van der Waals surface area contributed by atoms with Gasteiger partial charge in [0.25, 0.3) is 5.91 Å². The monoisotopic (exact) mass is 459 g/mol. The van der Waals surface area contributed by atoms with Gasteiger partial charge in [0, 0.05) is 24.2 Å². The van der Waals surface area contributed by atoms with E-state index in [1.54, 1.807) is 30.4 Å². The van der Waals surface area contributed by atoms with Gasteiger partial charge < -0.3 is 15.0 Å². The minimum absolute atomic E-state index is 0. The molecular weight excluding hydrogens is 433 g/mol. The number of hydrogen-bond donors (Lipinski definition) is 2. The van der Waals surface area contributed by atoms with Crippen molar-refractivity contribution >= 4 is 65.5 Å². The summed E-state index contributed by atoms with van der Waals surface area (Å²) in [7, 11) is 0. The first kappa shape index (κ1) is 25.9. The van der Waals surface area contributed by atoms with Crippen molar-refractivity contribution in [3.8, 4) is 11.1 Å². The summed E-state index contributed by atoms with van der Waals surface area (Å²) in [6.07, 6.45) is 11.3. The van der Waals surface area contributed by atoms with Crippen molar-refractivity contribution in [2.24, 2.45) is 0 Å². The number of aliphatic carboxylic acids is 1. The van der Waals surface area contributed by atoms with Crippen LogP contribution in [-0.4, -0.2) is 74.1 Å². The number of nitrogens with one attached hydrogen (secondary N) is 1. The van der Waals surface area contributed by atoms with Crippen LogP contribution in [0.5, 0.6) is 0 Å². The van der Waals surface area contributed by atoms with Crippen LogP contribution in [0, 0.1) is 6.92 Å². The summed E-state index contributed by atoms with van der Waals surface area (Å²) in [5, 5.41) is 12.2. The molecule has 0 fully saturated rings. The molecule has 2 aromatic carbocycles. The van der Waals surface area contributed by atoms with Gasteiger partial charge in [-0.15, -0.1) is 0 Å². The fourth-order valence-corrected chi connectivity index (χ4v) is 3.69. The van der Waals surface area contributed by atoms with Gasteiger partial charge in [-0.3, -0.25) is 4.79 Å². The number of aromatic nitrogens is 2. The predicted octanol–water partition coefficient (Wildman–Crippen LogP) is 3.77. The third-order valence-electron chi connectivity index (χ3n) is 4.90. The van der Waals surface area contributed by atoms with Crippen LogP contribution in [0.25, 0.3) is 23.4 Å². The zero-order valence-corrected chi connectivity index (χ0v) is 18.3. The van der Waals surface area contributed by atoms with Crippen LogP contribution in [0.15, 0.2) is 61.2 Å². The van der Waals surface area contributed by atoms with Gasteiger partial charge in [-0.05, 0) is 65.8 Å². The Labute approximate surface area is 214 Å². The standard InChI is InChI=1S/C24H25N3O3S.Na.H/c1-17-5-3-4-6-19(17)21-15-18(9-12-27-13-11-25-16-27)7-8-20(21)23(28)26-22(24(29)30)10-14-31-2;;/h3-9,11-13,15-16,22H,10,14H2,1-2H3,(H,26,28)(H,29,30);;. The van der Waals surface area contributed by atoms with Gasteiger partial charge in [0.15, 0.2) is 0 Å². The van der Waals surface area contributed by atoms with Crippen molar-refractivity contribution in [1.82, 2.24) is 14.9 Å². The Balaban J connectivity index is 0.00000363. The molecule has 1 atom stereocenters. The summed E-state index contributed by atoms with van der Waals surface area (Å²) in [6, 6.07) is 12.4. The third kappa shape index (κ3) is 6.84. The number of imidazole rings is 1. The number of thioether (sulfide) groups is 1. The maximum atomic E-state index is 13.1. The molecule has 0 aliphatic heterocycles. The minimum atomic E-state index is -1.03. The molecule has 1 unspecified atom stereocenters. The molecule has 0 radical (unpaired) electrons. The molecule has 8 heteroatoms. The zero-order chi connectivity index (χ0) is 22.2. The van der Waals surface area contributed by atoms with E-state index in [-0.39, 0.29) is 29.6 Å². The Kier molecular flexibility index (Phi) is 10.3. The summed E-state index contributed by atoms with van der Waals surface area (Å²) in [5.74, 6) is -0.767. The van der Waals surface area contributed by atoms with Crippen LogP contribution >= 0.6 is 11.8 Å². The van der Waals surface area contributed by atoms with Crippen molar-refractivity contribution in [3.05, 3.63) is 77.9 Å². The number of rotatable bonds is 9. The summed E-state index contributed by atoms with van der Waals surface area (Å²) in [6.45, 7) is 1.99. The van der Waals surface area contributed by atoms with Gasteiger partial charge in [0.1, 0.15) is 6.04 Å². The van der Waals surface area contributed by atoms with Crippen LogP contribution < -0.4 is 5.32 Å². The van der Waals surface area contributed by atoms with E-state index in [9.17, 15) is 14.7 Å². The quantitative estimate of drug-likeness (QED) is 0.476. The maximum absolute atomic E-state index is 13.1. The van der Waals surface area contributed by atoms with E-state index < -0.39 is 17.9 Å². The molecule has 3 aromatic rings. The Morgan fingerprint density at radius 2 is 2.00 bits per heavy atom. The van der Waals surface area contributed by atoms with Gasteiger partial charge in [-0.2, -0.15) is 11.8 Å². The van der Waals surface area contributed by atoms with E-state index in [0.29, 0.717) is 17.7 Å². The van der Waals surface area contributed by atoms with Crippen LogP contribution in [0.2, 0.25) is 0 Å². The molecule has 32 heavy (non-hydrogen) atoms. The first-order valence-electron chi connectivity index (χ1n) is 9.88. The van der Waals surface area contributed by atoms with Gasteiger partial charge in [0.2, 0.25) is 0 Å². The van der Waals surface area contributed by atoms with Crippen molar-refractivity contribution in [2.75, 3.05) is 12.0 Å². The van der Waals surface area contributed by atoms with Crippen molar-refractivity contribution in [3.63, 3.8) is 0 Å². The normalized spacial score (nSPS) is 11.7. The molecule has 3 rings (SSSR count). The number of carbonyl (C=O) groups excluding carboxylic acids is 1. The number of amides is 1. The number of carbonyl (C=O) groups is 2. The van der Waals surface area contributed by atoms with Gasteiger partial charge in [-0.1, -0.05) is 30.3 Å². The van der Waals surface area contributed by atoms with Crippen LogP contribution in [0.3, 0.4) is 0 Å². The van der Waals surface area contributed by atoms with E-state index in [1.165, 1.54) is 0 Å². The second-order valence-corrected chi connectivity index (χ2v) is 8.08. The number of aryl methyl sites for hydroxylation is 1. The first-order valence-corrected chi connectivity index (χ1v) is 11.3. The summed E-state index contributed by atoms with van der Waals surface area (Å²) in [5.41, 5.74) is 4.09. The molecular formula is C24H26N3NaO3S. The van der Waals surface area contributed by atoms with Crippen LogP contribution in [0.1, 0.15) is 27.9 Å². The Morgan fingerprint density at radius 3 is 2.66 bits per heavy atom. The first-order chi connectivity index (χ1) is 15.0. The van der Waals surface area contributed by atoms with Gasteiger partial charge in [0.05, 0.1) is 6.33 Å². The van der Waals surface area contributed by atoms with Crippen LogP contribution in [0.4, 0.5) is 0 Å². The molecule has 6 nitrogen and oxygen atoms in total. The molecule has 1 amide bonds. The molecule has 162 valence electrons. The molecule has 1 heterocycles. The zero-order valence-electron chi connectivity index (χ0n) is 17.5. The van der Waals surface area contributed by atoms with Crippen molar-refractivity contribution in [1.29, 1.82) is 0 Å². The van der Waals surface area contributed by atoms with Crippen LogP contribution in [-0.2, 0) is 4.79 Å². The predicted molar refractivity (Wildman–Crippen MR) is 133 cm³/mol. The summed E-state index contributed by atoms with van der Waals surface area (Å²) < 4.78 is 1.83. The van der Waals surface area contributed by atoms with E-state index >= 15 is 0 Å². The second kappa shape index (κ2) is 12.6. The molecule has 1 aromatic heterocycles. The number of benzene rings is 2. The Morgan fingerprint density at radius 1 is 1.22 bits per heavy atom. The molecule has 0 saturated carbocycles. The fraction of sp³-hybridized carbons (Fsp3) is 0.208. The molecule has 0 aliphatic carbocycles. The number of hydrogen-bond acceptors (Lipinski definition) is 4. The van der Waals surface area contributed by atoms with E-state index in [2.05, 4.69) is 10.3 Å². The van der Waals surface area contributed by atoms with E-state index in [0.717, 1.165) is 22.3 Å². The molecule has 0 aliphatic rings. The Hall–Kier alpha value is -2.32. The summed E-state index contributed by atoms with van der Waals surface area (Å²) >= 11 is 1.55. The number of carboxylic acids is 1. The summed E-state index contributed by atoms with van der Waals surface area (Å²) in [4.78, 5) is 28.7. The van der Waals surface area contributed by atoms with Crippen molar-refractivity contribution in [2.45, 2.75) is 19.4 Å². The SMILES string of the molecule is CSCCC(NC(=O)c1ccc(C=Cn2ccnc2)cc1-c1ccccc1C)C(=O)O.[NaH]. The van der Waals surface area contributed by atoms with Gasteiger partial charge >= 0.3 is 35.5 Å². The van der Waals surface area contributed by atoms with E-state index in [1.807, 2.05) is 72.6 Å². The molecule has 2 N–H and O–H groups in total. The molecule has 0 bridgehead atoms. The third-order valence-corrected chi connectivity index (χ3v) is 5.55. The van der Waals surface area contributed by atoms with Crippen molar-refractivity contribution < 1.29 is 14.7 Å². The topological polar surface area (TPSA) is 84.2 Å². The average Bonchev–Trinajstić information content (AvgIpc) is 3.29. The van der Waals surface area contributed by atoms with Gasteiger partial charge in [-0.25, -0.2) is 9.78 Å². The second-order valence-electron chi connectivity index (χ2n) is 7.09.